The Morgan fingerprint density at radius 2 is 1.78 bits per heavy atom. The van der Waals surface area contributed by atoms with Crippen LogP contribution < -0.4 is 0 Å². The van der Waals surface area contributed by atoms with E-state index in [9.17, 15) is 0 Å². The molecule has 146 valence electrons. The van der Waals surface area contributed by atoms with Crippen LogP contribution in [0.3, 0.4) is 0 Å². The number of hydrogen-bond donors (Lipinski definition) is 0. The monoisotopic (exact) mass is 403 g/mol. The Balaban J connectivity index is 1.58. The number of thiazole rings is 2. The molecule has 27 heavy (non-hydrogen) atoms. The Kier molecular flexibility index (Phi) is 6.48. The highest BCUT2D eigenvalue weighted by Crippen LogP contribution is 2.30. The summed E-state index contributed by atoms with van der Waals surface area (Å²) in [6, 6.07) is 0. The predicted octanol–water partition coefficient (Wildman–Crippen LogP) is 6.41. The van der Waals surface area contributed by atoms with Crippen molar-refractivity contribution in [3.63, 3.8) is 0 Å². The molecule has 0 saturated heterocycles. The van der Waals surface area contributed by atoms with Crippen molar-refractivity contribution in [2.24, 2.45) is 0 Å². The van der Waals surface area contributed by atoms with Crippen LogP contribution in [0.2, 0.25) is 0 Å². The predicted molar refractivity (Wildman–Crippen MR) is 113 cm³/mol. The van der Waals surface area contributed by atoms with E-state index in [1.54, 1.807) is 11.3 Å². The van der Waals surface area contributed by atoms with Crippen molar-refractivity contribution in [3.05, 3.63) is 49.5 Å². The van der Waals surface area contributed by atoms with E-state index < -0.39 is 0 Å². The zero-order valence-electron chi connectivity index (χ0n) is 17.1. The van der Waals surface area contributed by atoms with E-state index in [4.69, 9.17) is 4.42 Å². The largest absolute Gasteiger partial charge is 0.445 e. The minimum absolute atomic E-state index is 0.325. The molecule has 0 radical (unpaired) electrons. The smallest absolute Gasteiger partial charge is 0.197 e. The number of rotatable bonds is 8. The Bertz CT molecular complexity index is 878. The summed E-state index contributed by atoms with van der Waals surface area (Å²) in [7, 11) is 0. The molecule has 3 aromatic heterocycles. The molecule has 0 aromatic carbocycles. The van der Waals surface area contributed by atoms with Crippen LogP contribution in [0.4, 0.5) is 0 Å². The number of oxazole rings is 1. The Morgan fingerprint density at radius 3 is 2.41 bits per heavy atom. The Labute approximate surface area is 170 Å². The van der Waals surface area contributed by atoms with Crippen LogP contribution in [0.5, 0.6) is 0 Å². The van der Waals surface area contributed by atoms with Gasteiger partial charge in [0.15, 0.2) is 5.89 Å². The van der Waals surface area contributed by atoms with Gasteiger partial charge in [-0.2, -0.15) is 0 Å². The van der Waals surface area contributed by atoms with Gasteiger partial charge in [-0.15, -0.1) is 22.7 Å². The number of aromatic nitrogens is 3. The van der Waals surface area contributed by atoms with E-state index in [0.29, 0.717) is 17.8 Å². The van der Waals surface area contributed by atoms with Gasteiger partial charge in [0.25, 0.3) is 0 Å². The van der Waals surface area contributed by atoms with E-state index in [2.05, 4.69) is 49.6 Å². The highest BCUT2D eigenvalue weighted by molar-refractivity contribution is 7.12. The molecule has 4 nitrogen and oxygen atoms in total. The summed E-state index contributed by atoms with van der Waals surface area (Å²) in [5, 5.41) is 2.45. The number of nitrogens with zero attached hydrogens (tertiary/aromatic N) is 3. The molecule has 0 N–H and O–H groups in total. The zero-order valence-corrected chi connectivity index (χ0v) is 18.7. The first kappa shape index (κ1) is 20.2. The fourth-order valence-corrected chi connectivity index (χ4v) is 4.84. The second-order valence-corrected chi connectivity index (χ2v) is 10.1. The van der Waals surface area contributed by atoms with Crippen LogP contribution in [-0.4, -0.2) is 15.0 Å². The average molecular weight is 404 g/mol. The Hall–Kier alpha value is -1.53. The van der Waals surface area contributed by atoms with Crippen molar-refractivity contribution in [2.45, 2.75) is 78.6 Å². The summed E-state index contributed by atoms with van der Waals surface area (Å²) in [5.41, 5.74) is 1.02. The second kappa shape index (κ2) is 8.65. The molecule has 0 saturated carbocycles. The lowest BCUT2D eigenvalue weighted by atomic mass is 10.0. The molecule has 0 fully saturated rings. The first-order chi connectivity index (χ1) is 12.8. The molecular weight excluding hydrogens is 374 g/mol. The molecule has 0 amide bonds. The fourth-order valence-electron chi connectivity index (χ4n) is 3.00. The highest BCUT2D eigenvalue weighted by atomic mass is 32.1. The van der Waals surface area contributed by atoms with E-state index in [0.717, 1.165) is 36.6 Å². The maximum atomic E-state index is 5.97. The molecule has 2 atom stereocenters. The van der Waals surface area contributed by atoms with Crippen LogP contribution in [0.25, 0.3) is 0 Å². The molecule has 3 aromatic rings. The first-order valence-electron chi connectivity index (χ1n) is 9.66. The van der Waals surface area contributed by atoms with Crippen molar-refractivity contribution in [1.29, 1.82) is 0 Å². The summed E-state index contributed by atoms with van der Waals surface area (Å²) < 4.78 is 5.97. The van der Waals surface area contributed by atoms with Crippen molar-refractivity contribution >= 4 is 22.7 Å². The van der Waals surface area contributed by atoms with Crippen LogP contribution in [0, 0.1) is 13.8 Å². The van der Waals surface area contributed by atoms with Crippen molar-refractivity contribution in [2.75, 3.05) is 0 Å². The van der Waals surface area contributed by atoms with Gasteiger partial charge in [-0.25, -0.2) is 15.0 Å². The molecule has 6 heteroatoms. The van der Waals surface area contributed by atoms with Crippen molar-refractivity contribution in [1.82, 2.24) is 15.0 Å². The lowest BCUT2D eigenvalue weighted by Crippen LogP contribution is -1.96. The van der Waals surface area contributed by atoms with Crippen LogP contribution in [-0.2, 0) is 12.8 Å². The topological polar surface area (TPSA) is 51.8 Å². The maximum absolute atomic E-state index is 5.97. The van der Waals surface area contributed by atoms with Crippen LogP contribution >= 0.6 is 22.7 Å². The number of aryl methyl sites for hydroxylation is 3. The molecule has 0 aliphatic heterocycles. The Morgan fingerprint density at radius 1 is 1.00 bits per heavy atom. The highest BCUT2D eigenvalue weighted by Gasteiger charge is 2.18. The molecule has 3 rings (SSSR count). The van der Waals surface area contributed by atoms with Gasteiger partial charge in [0.05, 0.1) is 15.7 Å². The lowest BCUT2D eigenvalue weighted by Gasteiger charge is -2.07. The third-order valence-corrected chi connectivity index (χ3v) is 7.24. The molecular formula is C21H29N3OS2. The molecule has 0 bridgehead atoms. The van der Waals surface area contributed by atoms with Gasteiger partial charge in [0.1, 0.15) is 5.76 Å². The maximum Gasteiger partial charge on any atom is 0.197 e. The van der Waals surface area contributed by atoms with Gasteiger partial charge in [-0.1, -0.05) is 27.7 Å². The SMILES string of the molecule is Cc1cnc(C(C)CCc2ncc(C(C)Cc3oc(C(C)C)nc3C)s2)s1. The van der Waals surface area contributed by atoms with Gasteiger partial charge in [0.2, 0.25) is 0 Å². The minimum atomic E-state index is 0.325. The van der Waals surface area contributed by atoms with Gasteiger partial charge in [-0.3, -0.25) is 0 Å². The third kappa shape index (κ3) is 5.05. The summed E-state index contributed by atoms with van der Waals surface area (Å²) in [4.78, 5) is 16.3. The van der Waals surface area contributed by atoms with Gasteiger partial charge < -0.3 is 4.42 Å². The second-order valence-electron chi connectivity index (χ2n) is 7.73. The van der Waals surface area contributed by atoms with E-state index in [1.165, 1.54) is 19.8 Å². The lowest BCUT2D eigenvalue weighted by molar-refractivity contribution is 0.427. The van der Waals surface area contributed by atoms with Gasteiger partial charge >= 0.3 is 0 Å². The van der Waals surface area contributed by atoms with E-state index in [1.807, 2.05) is 30.7 Å². The van der Waals surface area contributed by atoms with E-state index in [-0.39, 0.29) is 0 Å². The molecule has 3 heterocycles. The van der Waals surface area contributed by atoms with Gasteiger partial charge in [-0.05, 0) is 32.6 Å². The molecule has 2 unspecified atom stereocenters. The van der Waals surface area contributed by atoms with E-state index >= 15 is 0 Å². The van der Waals surface area contributed by atoms with Crippen molar-refractivity contribution < 1.29 is 4.42 Å². The number of hydrogen-bond acceptors (Lipinski definition) is 6. The molecule has 0 aliphatic carbocycles. The standard InChI is InChI=1S/C21H29N3OS2/c1-12(2)20-24-16(6)17(25-20)9-14(4)18-11-22-19(27-18)8-7-13(3)21-23-10-15(5)26-21/h10-14H,7-9H2,1-6H3. The average Bonchev–Trinajstić information content (AvgIpc) is 3.33. The molecule has 0 spiro atoms. The normalized spacial score (nSPS) is 14.0. The third-order valence-electron chi connectivity index (χ3n) is 4.80. The summed E-state index contributed by atoms with van der Waals surface area (Å²) >= 11 is 3.63. The summed E-state index contributed by atoms with van der Waals surface area (Å²) in [6.07, 6.45) is 6.99. The first-order valence-corrected chi connectivity index (χ1v) is 11.3. The summed E-state index contributed by atoms with van der Waals surface area (Å²) in [6.45, 7) is 12.9. The van der Waals surface area contributed by atoms with Gasteiger partial charge in [0, 0.05) is 40.4 Å². The molecule has 0 aliphatic rings. The quantitative estimate of drug-likeness (QED) is 0.436. The van der Waals surface area contributed by atoms with Crippen LogP contribution in [0.15, 0.2) is 16.8 Å². The van der Waals surface area contributed by atoms with Crippen molar-refractivity contribution in [3.8, 4) is 0 Å². The summed E-state index contributed by atoms with van der Waals surface area (Å²) in [5.74, 6) is 3.05. The minimum Gasteiger partial charge on any atom is -0.445 e. The zero-order chi connectivity index (χ0) is 19.6. The fraction of sp³-hybridized carbons (Fsp3) is 0.571. The van der Waals surface area contributed by atoms with Crippen LogP contribution in [0.1, 0.15) is 89.0 Å².